The quantitative estimate of drug-likeness (QED) is 0.418. The third-order valence-electron chi connectivity index (χ3n) is 4.59. The number of nitrogens with one attached hydrogen (secondary N) is 3. The monoisotopic (exact) mass is 441 g/mol. The van der Waals surface area contributed by atoms with Crippen molar-refractivity contribution in [3.05, 3.63) is 84.1 Å². The molecule has 0 bridgehead atoms. The van der Waals surface area contributed by atoms with E-state index in [1.807, 2.05) is 0 Å². The summed E-state index contributed by atoms with van der Waals surface area (Å²) in [5.41, 5.74) is 2.47. The van der Waals surface area contributed by atoms with Gasteiger partial charge in [-0.1, -0.05) is 12.1 Å². The minimum absolute atomic E-state index is 0.218. The van der Waals surface area contributed by atoms with Gasteiger partial charge in [0, 0.05) is 34.4 Å². The lowest BCUT2D eigenvalue weighted by atomic mass is 10.0. The van der Waals surface area contributed by atoms with Crippen molar-refractivity contribution in [1.82, 2.24) is 4.98 Å². The van der Waals surface area contributed by atoms with Crippen LogP contribution in [-0.4, -0.2) is 25.6 Å². The number of carbonyl (C=O) groups excluding carboxylic acids is 1. The summed E-state index contributed by atoms with van der Waals surface area (Å²) in [5.74, 6) is -1.76. The molecular formula is C22H17F2N3O3S. The van der Waals surface area contributed by atoms with Gasteiger partial charge in [-0.05, 0) is 48.0 Å². The largest absolute Gasteiger partial charge is 0.360 e. The van der Waals surface area contributed by atoms with Gasteiger partial charge >= 0.3 is 0 Å². The topological polar surface area (TPSA) is 91.1 Å². The molecule has 0 aliphatic carbocycles. The second-order valence-electron chi connectivity index (χ2n) is 7.00. The van der Waals surface area contributed by atoms with Crippen molar-refractivity contribution < 1.29 is 22.0 Å². The first-order valence-corrected chi connectivity index (χ1v) is 11.0. The molecule has 0 fully saturated rings. The first-order chi connectivity index (χ1) is 14.7. The second kappa shape index (κ2) is 7.84. The van der Waals surface area contributed by atoms with E-state index >= 15 is 0 Å². The number of benzene rings is 3. The summed E-state index contributed by atoms with van der Waals surface area (Å²) >= 11 is 0. The standard InChI is InChI=1S/C22H17F2N3O3S/c1-31(29,30)27-16-6-8-18-19(12-25-21(18)11-16)22(28)26-15-4-2-3-13(9-15)17-7-5-14(23)10-20(17)24/h2-12,25,27H,1H3,(H,26,28). The van der Waals surface area contributed by atoms with Crippen LogP contribution in [0.15, 0.2) is 66.9 Å². The number of amides is 1. The van der Waals surface area contributed by atoms with Gasteiger partial charge in [0.25, 0.3) is 5.91 Å². The van der Waals surface area contributed by atoms with E-state index in [9.17, 15) is 22.0 Å². The molecule has 4 rings (SSSR count). The summed E-state index contributed by atoms with van der Waals surface area (Å²) in [6.45, 7) is 0. The van der Waals surface area contributed by atoms with Gasteiger partial charge in [0.1, 0.15) is 11.6 Å². The van der Waals surface area contributed by atoms with Crippen LogP contribution >= 0.6 is 0 Å². The molecule has 0 saturated heterocycles. The Labute approximate surface area is 177 Å². The lowest BCUT2D eigenvalue weighted by molar-refractivity contribution is 0.102. The number of carbonyl (C=O) groups is 1. The molecule has 0 spiro atoms. The van der Waals surface area contributed by atoms with Crippen molar-refractivity contribution in [2.24, 2.45) is 0 Å². The molecule has 0 atom stereocenters. The Kier molecular flexibility index (Phi) is 5.20. The molecule has 158 valence electrons. The summed E-state index contributed by atoms with van der Waals surface area (Å²) in [6.07, 6.45) is 2.57. The van der Waals surface area contributed by atoms with Crippen LogP contribution in [0.5, 0.6) is 0 Å². The molecule has 0 unspecified atom stereocenters. The van der Waals surface area contributed by atoms with Gasteiger partial charge in [-0.25, -0.2) is 17.2 Å². The minimum Gasteiger partial charge on any atom is -0.360 e. The van der Waals surface area contributed by atoms with Crippen LogP contribution in [0, 0.1) is 11.6 Å². The van der Waals surface area contributed by atoms with E-state index in [2.05, 4.69) is 15.0 Å². The molecule has 3 N–H and O–H groups in total. The van der Waals surface area contributed by atoms with Gasteiger partial charge < -0.3 is 10.3 Å². The van der Waals surface area contributed by atoms with Crippen LogP contribution in [-0.2, 0) is 10.0 Å². The smallest absolute Gasteiger partial charge is 0.257 e. The summed E-state index contributed by atoms with van der Waals surface area (Å²) < 4.78 is 52.4. The maximum Gasteiger partial charge on any atom is 0.257 e. The predicted octanol–water partition coefficient (Wildman–Crippen LogP) is 4.74. The van der Waals surface area contributed by atoms with E-state index in [0.717, 1.165) is 12.3 Å². The molecule has 1 heterocycles. The van der Waals surface area contributed by atoms with E-state index in [-0.39, 0.29) is 5.56 Å². The molecule has 3 aromatic carbocycles. The van der Waals surface area contributed by atoms with Crippen LogP contribution in [0.2, 0.25) is 0 Å². The Bertz CT molecular complexity index is 1410. The lowest BCUT2D eigenvalue weighted by Crippen LogP contribution is -2.11. The molecule has 9 heteroatoms. The molecule has 1 aromatic heterocycles. The molecular weight excluding hydrogens is 424 g/mol. The zero-order valence-corrected chi connectivity index (χ0v) is 17.1. The Morgan fingerprint density at radius 3 is 2.52 bits per heavy atom. The maximum absolute atomic E-state index is 14.1. The van der Waals surface area contributed by atoms with Crippen molar-refractivity contribution in [1.29, 1.82) is 0 Å². The Morgan fingerprint density at radius 2 is 1.77 bits per heavy atom. The predicted molar refractivity (Wildman–Crippen MR) is 117 cm³/mol. The number of sulfonamides is 1. The highest BCUT2D eigenvalue weighted by Crippen LogP contribution is 2.27. The van der Waals surface area contributed by atoms with Crippen molar-refractivity contribution in [2.45, 2.75) is 0 Å². The number of fused-ring (bicyclic) bond motifs is 1. The molecule has 6 nitrogen and oxygen atoms in total. The normalized spacial score (nSPS) is 11.5. The highest BCUT2D eigenvalue weighted by Gasteiger charge is 2.14. The molecule has 31 heavy (non-hydrogen) atoms. The van der Waals surface area contributed by atoms with Gasteiger partial charge in [0.05, 0.1) is 17.5 Å². The van der Waals surface area contributed by atoms with Crippen LogP contribution in [0.4, 0.5) is 20.2 Å². The van der Waals surface area contributed by atoms with E-state index < -0.39 is 27.6 Å². The van der Waals surface area contributed by atoms with Crippen LogP contribution in [0.3, 0.4) is 0 Å². The number of anilines is 2. The molecule has 0 saturated carbocycles. The highest BCUT2D eigenvalue weighted by molar-refractivity contribution is 7.92. The van der Waals surface area contributed by atoms with Crippen molar-refractivity contribution in [3.63, 3.8) is 0 Å². The summed E-state index contributed by atoms with van der Waals surface area (Å²) in [5, 5.41) is 3.37. The number of halogens is 2. The van der Waals surface area contributed by atoms with Gasteiger partial charge in [-0.2, -0.15) is 0 Å². The fourth-order valence-electron chi connectivity index (χ4n) is 3.28. The SMILES string of the molecule is CS(=O)(=O)Nc1ccc2c(C(=O)Nc3cccc(-c4ccc(F)cc4F)c3)c[nH]c2c1. The van der Waals surface area contributed by atoms with Crippen molar-refractivity contribution >= 4 is 38.2 Å². The fourth-order valence-corrected chi connectivity index (χ4v) is 3.83. The average molecular weight is 441 g/mol. The third kappa shape index (κ3) is 4.56. The third-order valence-corrected chi connectivity index (χ3v) is 5.20. The maximum atomic E-state index is 14.1. The van der Waals surface area contributed by atoms with E-state index in [1.54, 1.807) is 42.5 Å². The number of hydrogen-bond donors (Lipinski definition) is 3. The second-order valence-corrected chi connectivity index (χ2v) is 8.74. The number of aromatic nitrogens is 1. The Morgan fingerprint density at radius 1 is 0.968 bits per heavy atom. The Hall–Kier alpha value is -3.72. The number of rotatable bonds is 5. The molecule has 4 aromatic rings. The minimum atomic E-state index is -3.42. The number of aromatic amines is 1. The first-order valence-electron chi connectivity index (χ1n) is 9.15. The fraction of sp³-hybridized carbons (Fsp3) is 0.0455. The summed E-state index contributed by atoms with van der Waals surface area (Å²) in [4.78, 5) is 15.7. The average Bonchev–Trinajstić information content (AvgIpc) is 3.10. The van der Waals surface area contributed by atoms with Crippen LogP contribution < -0.4 is 10.0 Å². The van der Waals surface area contributed by atoms with E-state index in [1.165, 1.54) is 18.3 Å². The van der Waals surface area contributed by atoms with Crippen LogP contribution in [0.1, 0.15) is 10.4 Å². The molecule has 0 aliphatic rings. The zero-order valence-electron chi connectivity index (χ0n) is 16.2. The lowest BCUT2D eigenvalue weighted by Gasteiger charge is -2.09. The molecule has 0 aliphatic heterocycles. The molecule has 0 radical (unpaired) electrons. The summed E-state index contributed by atoms with van der Waals surface area (Å²) in [7, 11) is -3.42. The van der Waals surface area contributed by atoms with Crippen LogP contribution in [0.25, 0.3) is 22.0 Å². The number of hydrogen-bond acceptors (Lipinski definition) is 3. The van der Waals surface area contributed by atoms with Gasteiger partial charge in [0.15, 0.2) is 0 Å². The Balaban J connectivity index is 1.59. The van der Waals surface area contributed by atoms with Gasteiger partial charge in [0.2, 0.25) is 10.0 Å². The zero-order chi connectivity index (χ0) is 22.2. The highest BCUT2D eigenvalue weighted by atomic mass is 32.2. The van der Waals surface area contributed by atoms with E-state index in [0.29, 0.717) is 33.4 Å². The van der Waals surface area contributed by atoms with Gasteiger partial charge in [-0.3, -0.25) is 9.52 Å². The number of H-pyrrole nitrogens is 1. The van der Waals surface area contributed by atoms with Gasteiger partial charge in [-0.15, -0.1) is 0 Å². The van der Waals surface area contributed by atoms with Crippen molar-refractivity contribution in [2.75, 3.05) is 16.3 Å². The first kappa shape index (κ1) is 20.5. The van der Waals surface area contributed by atoms with Crippen molar-refractivity contribution in [3.8, 4) is 11.1 Å². The van der Waals surface area contributed by atoms with E-state index in [4.69, 9.17) is 0 Å². The molecule has 1 amide bonds. The summed E-state index contributed by atoms with van der Waals surface area (Å²) in [6, 6.07) is 14.7.